The number of aliphatic hydroxyl groups is 1. The maximum absolute atomic E-state index is 14.1. The molecular formula is C39H48N4O5. The lowest BCUT2D eigenvalue weighted by atomic mass is 9.72. The maximum Gasteiger partial charge on any atom is 0.274 e. The van der Waals surface area contributed by atoms with E-state index in [0.717, 1.165) is 62.7 Å². The first-order chi connectivity index (χ1) is 23.3. The van der Waals surface area contributed by atoms with Crippen LogP contribution in [0.2, 0.25) is 0 Å². The quantitative estimate of drug-likeness (QED) is 0.238. The summed E-state index contributed by atoms with van der Waals surface area (Å²) in [5.74, 6) is 0.497. The molecule has 2 aliphatic heterocycles. The van der Waals surface area contributed by atoms with Gasteiger partial charge in [0.05, 0.1) is 17.7 Å². The van der Waals surface area contributed by atoms with Crippen LogP contribution in [0.5, 0.6) is 5.75 Å². The number of fused-ring (bicyclic) bond motifs is 1. The van der Waals surface area contributed by atoms with Crippen LogP contribution < -0.4 is 25.8 Å². The van der Waals surface area contributed by atoms with E-state index in [0.29, 0.717) is 37.9 Å². The molecular weight excluding hydrogens is 604 g/mol. The van der Waals surface area contributed by atoms with Gasteiger partial charge in [0.25, 0.3) is 11.5 Å². The highest BCUT2D eigenvalue weighted by molar-refractivity contribution is 5.98. The van der Waals surface area contributed by atoms with Gasteiger partial charge in [-0.1, -0.05) is 62.2 Å². The number of hydrogen-bond acceptors (Lipinski definition) is 6. The Bertz CT molecular complexity index is 1690. The Kier molecular flexibility index (Phi) is 9.43. The van der Waals surface area contributed by atoms with Crippen LogP contribution >= 0.6 is 0 Å². The van der Waals surface area contributed by atoms with Gasteiger partial charge >= 0.3 is 0 Å². The second-order valence-corrected chi connectivity index (χ2v) is 14.2. The molecule has 3 N–H and O–H groups in total. The van der Waals surface area contributed by atoms with Gasteiger partial charge in [-0.15, -0.1) is 0 Å². The van der Waals surface area contributed by atoms with Crippen molar-refractivity contribution in [3.05, 3.63) is 93.4 Å². The van der Waals surface area contributed by atoms with Crippen LogP contribution in [0.1, 0.15) is 123 Å². The lowest BCUT2D eigenvalue weighted by Crippen LogP contribution is -2.49. The Hall–Kier alpha value is -3.95. The van der Waals surface area contributed by atoms with Crippen LogP contribution in [0, 0.1) is 0 Å². The predicted molar refractivity (Wildman–Crippen MR) is 185 cm³/mol. The number of hydrogen-bond donors (Lipinski definition) is 3. The lowest BCUT2D eigenvalue weighted by Gasteiger charge is -2.48. The van der Waals surface area contributed by atoms with E-state index in [2.05, 4.69) is 35.8 Å². The first kappa shape index (κ1) is 32.6. The van der Waals surface area contributed by atoms with E-state index < -0.39 is 12.1 Å². The molecule has 9 heteroatoms. The number of aryl methyl sites for hydroxylation is 1. The van der Waals surface area contributed by atoms with Gasteiger partial charge in [-0.3, -0.25) is 14.4 Å². The highest BCUT2D eigenvalue weighted by atomic mass is 16.5. The third-order valence-corrected chi connectivity index (χ3v) is 11.1. The Morgan fingerprint density at radius 2 is 1.83 bits per heavy atom. The third kappa shape index (κ3) is 6.54. The second kappa shape index (κ2) is 13.9. The molecule has 3 atom stereocenters. The number of aromatic nitrogens is 1. The Balaban J connectivity index is 1.14. The van der Waals surface area contributed by atoms with E-state index in [1.807, 2.05) is 30.3 Å². The SMILES string of the molecule is CCc1ccc2c(c1)[C@@H](NCC[C@@H](NC(=O)c1cc(N3CCCC3=O)c(=O)n(C3CCCC3)c1)[C@H](O)c1ccccc1)CC1(CCC1)O2. The number of anilines is 1. The van der Waals surface area contributed by atoms with Crippen molar-refractivity contribution in [1.29, 1.82) is 0 Å². The topological polar surface area (TPSA) is 113 Å². The van der Waals surface area contributed by atoms with Crippen LogP contribution in [0.15, 0.2) is 65.6 Å². The second-order valence-electron chi connectivity index (χ2n) is 14.2. The molecule has 0 bridgehead atoms. The minimum atomic E-state index is -0.941. The number of nitrogens with one attached hydrogen (secondary N) is 2. The summed E-state index contributed by atoms with van der Waals surface area (Å²) in [5.41, 5.74) is 3.43. The van der Waals surface area contributed by atoms with Crippen LogP contribution in [0.3, 0.4) is 0 Å². The summed E-state index contributed by atoms with van der Waals surface area (Å²) in [6.45, 7) is 3.20. The van der Waals surface area contributed by atoms with E-state index in [1.54, 1.807) is 16.8 Å². The third-order valence-electron chi connectivity index (χ3n) is 11.1. The molecule has 2 amide bonds. The Labute approximate surface area is 282 Å². The minimum Gasteiger partial charge on any atom is -0.487 e. The molecule has 48 heavy (non-hydrogen) atoms. The van der Waals surface area contributed by atoms with Crippen molar-refractivity contribution in [1.82, 2.24) is 15.2 Å². The fourth-order valence-electron chi connectivity index (χ4n) is 8.12. The molecule has 2 aliphatic carbocycles. The first-order valence-electron chi connectivity index (χ1n) is 18.0. The monoisotopic (exact) mass is 652 g/mol. The molecule has 1 saturated heterocycles. The summed E-state index contributed by atoms with van der Waals surface area (Å²) in [5, 5.41) is 18.5. The zero-order valence-corrected chi connectivity index (χ0v) is 28.0. The average Bonchev–Trinajstić information content (AvgIpc) is 3.79. The molecule has 9 nitrogen and oxygen atoms in total. The summed E-state index contributed by atoms with van der Waals surface area (Å²) < 4.78 is 8.21. The number of ether oxygens (including phenoxy) is 1. The van der Waals surface area contributed by atoms with E-state index in [9.17, 15) is 19.5 Å². The number of rotatable bonds is 11. The number of carbonyl (C=O) groups is 2. The molecule has 0 radical (unpaired) electrons. The fourth-order valence-corrected chi connectivity index (χ4v) is 8.12. The zero-order valence-electron chi connectivity index (χ0n) is 28.0. The number of carbonyl (C=O) groups excluding carboxylic acids is 2. The molecule has 4 aliphatic rings. The molecule has 2 aromatic carbocycles. The van der Waals surface area contributed by atoms with Crippen LogP contribution in [-0.4, -0.2) is 46.2 Å². The Morgan fingerprint density at radius 1 is 1.04 bits per heavy atom. The number of amides is 2. The van der Waals surface area contributed by atoms with Crippen molar-refractivity contribution in [3.63, 3.8) is 0 Å². The van der Waals surface area contributed by atoms with Crippen molar-refractivity contribution in [2.45, 2.75) is 114 Å². The standard InChI is InChI=1S/C39H48N4O5/c1-2-26-15-16-34-30(22-26)32(24-39(48-34)18-9-19-39)40-20-17-31(36(45)27-10-4-3-5-11-27)41-37(46)28-23-33(42-21-8-14-35(42)44)38(47)43(25-28)29-12-6-7-13-29/h3-5,10-11,15-16,22-23,25,29,31-32,36,40,45H,2,6-9,12-14,17-21,24H2,1H3,(H,41,46)/t31-,32+,36-/m1/s1. The molecule has 0 unspecified atom stereocenters. The summed E-state index contributed by atoms with van der Waals surface area (Å²) in [6, 6.07) is 17.0. The molecule has 7 rings (SSSR count). The van der Waals surface area contributed by atoms with Gasteiger partial charge in [0, 0.05) is 43.2 Å². The highest BCUT2D eigenvalue weighted by Gasteiger charge is 2.45. The largest absolute Gasteiger partial charge is 0.487 e. The minimum absolute atomic E-state index is 0.00569. The van der Waals surface area contributed by atoms with E-state index in [1.165, 1.54) is 22.4 Å². The van der Waals surface area contributed by atoms with Gasteiger partial charge in [-0.25, -0.2) is 0 Å². The smallest absolute Gasteiger partial charge is 0.274 e. The summed E-state index contributed by atoms with van der Waals surface area (Å²) in [4.78, 5) is 42.0. The zero-order chi connectivity index (χ0) is 33.3. The van der Waals surface area contributed by atoms with Gasteiger partial charge < -0.3 is 29.9 Å². The fraction of sp³-hybridized carbons (Fsp3) is 0.513. The summed E-state index contributed by atoms with van der Waals surface area (Å²) in [6.07, 6.45) is 11.2. The number of benzene rings is 2. The molecule has 3 aromatic rings. The van der Waals surface area contributed by atoms with Crippen molar-refractivity contribution in [2.75, 3.05) is 18.0 Å². The van der Waals surface area contributed by atoms with Crippen molar-refractivity contribution >= 4 is 17.5 Å². The number of nitrogens with zero attached hydrogens (tertiary/aromatic N) is 2. The van der Waals surface area contributed by atoms with Gasteiger partial charge in [-0.05, 0) is 81.2 Å². The highest BCUT2D eigenvalue weighted by Crippen LogP contribution is 2.49. The van der Waals surface area contributed by atoms with E-state index in [-0.39, 0.29) is 40.7 Å². The van der Waals surface area contributed by atoms with Crippen molar-refractivity contribution in [3.8, 4) is 5.75 Å². The van der Waals surface area contributed by atoms with Gasteiger partial charge in [0.2, 0.25) is 5.91 Å². The molecule has 254 valence electrons. The molecule has 1 aromatic heterocycles. The van der Waals surface area contributed by atoms with Crippen molar-refractivity contribution < 1.29 is 19.4 Å². The maximum atomic E-state index is 14.1. The molecule has 3 fully saturated rings. The molecule has 2 saturated carbocycles. The first-order valence-corrected chi connectivity index (χ1v) is 18.0. The number of aliphatic hydroxyl groups excluding tert-OH is 1. The average molecular weight is 653 g/mol. The normalized spacial score (nSPS) is 21.4. The van der Waals surface area contributed by atoms with Crippen molar-refractivity contribution in [2.24, 2.45) is 0 Å². The summed E-state index contributed by atoms with van der Waals surface area (Å²) in [7, 11) is 0. The van der Waals surface area contributed by atoms with Gasteiger partial charge in [0.1, 0.15) is 17.0 Å². The van der Waals surface area contributed by atoms with Gasteiger partial charge in [0.15, 0.2) is 0 Å². The van der Waals surface area contributed by atoms with Crippen LogP contribution in [0.25, 0.3) is 0 Å². The predicted octanol–water partition coefficient (Wildman–Crippen LogP) is 5.91. The van der Waals surface area contributed by atoms with Crippen LogP contribution in [-0.2, 0) is 11.2 Å². The van der Waals surface area contributed by atoms with E-state index >= 15 is 0 Å². The summed E-state index contributed by atoms with van der Waals surface area (Å²) >= 11 is 0. The van der Waals surface area contributed by atoms with Gasteiger partial charge in [-0.2, -0.15) is 0 Å². The Morgan fingerprint density at radius 3 is 2.52 bits per heavy atom. The van der Waals surface area contributed by atoms with E-state index in [4.69, 9.17) is 4.74 Å². The number of pyridine rings is 1. The molecule has 3 heterocycles. The molecule has 1 spiro atoms. The lowest BCUT2D eigenvalue weighted by molar-refractivity contribution is -0.117. The van der Waals surface area contributed by atoms with Crippen LogP contribution in [0.4, 0.5) is 5.69 Å².